The summed E-state index contributed by atoms with van der Waals surface area (Å²) in [5.74, 6) is -0.483. The van der Waals surface area contributed by atoms with Gasteiger partial charge in [-0.2, -0.15) is 0 Å². The summed E-state index contributed by atoms with van der Waals surface area (Å²) >= 11 is 13.9. The Morgan fingerprint density at radius 3 is 2.78 bits per heavy atom. The molecule has 0 bridgehead atoms. The van der Waals surface area contributed by atoms with E-state index in [9.17, 15) is 4.79 Å². The molecule has 7 heteroatoms. The number of benzene rings is 1. The molecule has 0 radical (unpaired) electrons. The number of halogens is 2. The first-order valence-electron chi connectivity index (χ1n) is 6.82. The normalized spacial score (nSPS) is 23.9. The number of aromatic nitrogens is 1. The second-order valence-corrected chi connectivity index (χ2v) is 7.07. The van der Waals surface area contributed by atoms with E-state index < -0.39 is 10.9 Å². The molecule has 0 spiro atoms. The van der Waals surface area contributed by atoms with Crippen LogP contribution in [0, 0.1) is 5.92 Å². The van der Waals surface area contributed by atoms with Crippen molar-refractivity contribution < 1.29 is 4.79 Å². The zero-order valence-electron chi connectivity index (χ0n) is 11.9. The zero-order chi connectivity index (χ0) is 16.4. The van der Waals surface area contributed by atoms with Crippen LogP contribution in [0.4, 0.5) is 10.8 Å². The molecule has 1 aromatic heterocycles. The average Bonchev–Trinajstić information content (AvgIpc) is 2.99. The molecular weight excluding hydrogens is 353 g/mol. The Labute approximate surface area is 147 Å². The van der Waals surface area contributed by atoms with Crippen molar-refractivity contribution in [1.82, 2.24) is 4.98 Å². The first kappa shape index (κ1) is 16.2. The highest BCUT2D eigenvalue weighted by Gasteiger charge is 2.34. The first-order valence-corrected chi connectivity index (χ1v) is 8.39. The lowest BCUT2D eigenvalue weighted by molar-refractivity contribution is -0.108. The molecule has 3 rings (SSSR count). The number of anilines is 2. The highest BCUT2D eigenvalue weighted by Crippen LogP contribution is 2.42. The number of para-hydroxylation sites is 1. The van der Waals surface area contributed by atoms with Gasteiger partial charge in [0.1, 0.15) is 11.3 Å². The second kappa shape index (κ2) is 6.45. The number of nitrogens with two attached hydrogens (primary N) is 1. The van der Waals surface area contributed by atoms with Gasteiger partial charge < -0.3 is 15.8 Å². The molecule has 1 aromatic carbocycles. The van der Waals surface area contributed by atoms with Crippen LogP contribution in [0.15, 0.2) is 53.7 Å². The minimum atomic E-state index is -1.30. The number of hydrogen-bond acceptors (Lipinski definition) is 5. The summed E-state index contributed by atoms with van der Waals surface area (Å²) in [7, 11) is 0. The Hall–Kier alpha value is -1.66. The lowest BCUT2D eigenvalue weighted by atomic mass is 9.91. The van der Waals surface area contributed by atoms with Crippen molar-refractivity contribution in [2.75, 3.05) is 5.32 Å². The fourth-order valence-electron chi connectivity index (χ4n) is 2.25. The molecule has 1 heterocycles. The van der Waals surface area contributed by atoms with E-state index in [1.807, 2.05) is 30.3 Å². The highest BCUT2D eigenvalue weighted by molar-refractivity contribution is 7.16. The molecule has 0 aliphatic heterocycles. The van der Waals surface area contributed by atoms with Gasteiger partial charge in [-0.15, -0.1) is 0 Å². The van der Waals surface area contributed by atoms with Crippen molar-refractivity contribution >= 4 is 57.2 Å². The lowest BCUT2D eigenvalue weighted by Gasteiger charge is -2.26. The summed E-state index contributed by atoms with van der Waals surface area (Å²) in [6, 6.07) is 9.68. The van der Waals surface area contributed by atoms with Crippen molar-refractivity contribution in [3.05, 3.63) is 58.6 Å². The molecule has 4 nitrogen and oxygen atoms in total. The molecular formula is C16H13Cl2N3OS. The lowest BCUT2D eigenvalue weighted by Crippen LogP contribution is -2.34. The molecule has 1 aliphatic rings. The highest BCUT2D eigenvalue weighted by atomic mass is 35.5. The summed E-state index contributed by atoms with van der Waals surface area (Å²) in [5.41, 5.74) is 7.46. The summed E-state index contributed by atoms with van der Waals surface area (Å²) in [4.78, 5) is 15.1. The van der Waals surface area contributed by atoms with Gasteiger partial charge in [0.05, 0.1) is 15.8 Å². The molecule has 1 aliphatic carbocycles. The maximum atomic E-state index is 11.3. The smallest absolute Gasteiger partial charge is 0.187 e. The van der Waals surface area contributed by atoms with Crippen LogP contribution in [0.25, 0.3) is 5.57 Å². The number of alkyl halides is 1. The third-order valence-electron chi connectivity index (χ3n) is 3.40. The predicted molar refractivity (Wildman–Crippen MR) is 96.1 cm³/mol. The van der Waals surface area contributed by atoms with E-state index in [0.717, 1.165) is 16.9 Å². The molecule has 2 atom stereocenters. The Morgan fingerprint density at radius 1 is 1.35 bits per heavy atom. The Balaban J connectivity index is 1.93. The molecule has 0 amide bonds. The van der Waals surface area contributed by atoms with Crippen molar-refractivity contribution in [2.24, 2.45) is 11.7 Å². The SMILES string of the molecule is NC1(Cl)C=CC(C=O)C(c2cnc(Nc3ccccc3)s2)=C1Cl. The van der Waals surface area contributed by atoms with Crippen LogP contribution in [-0.2, 0) is 4.79 Å². The van der Waals surface area contributed by atoms with Crippen molar-refractivity contribution in [2.45, 2.75) is 5.00 Å². The van der Waals surface area contributed by atoms with Crippen molar-refractivity contribution in [3.63, 3.8) is 0 Å². The molecule has 0 fully saturated rings. The Bertz CT molecular complexity index is 784. The van der Waals surface area contributed by atoms with Crippen LogP contribution in [0.1, 0.15) is 4.88 Å². The maximum absolute atomic E-state index is 11.3. The molecule has 118 valence electrons. The van der Waals surface area contributed by atoms with E-state index in [-0.39, 0.29) is 5.03 Å². The third-order valence-corrected chi connectivity index (χ3v) is 5.27. The standard InChI is InChI=1S/C16H13Cl2N3OS/c17-14-13(10(9-22)6-7-16(14,18)19)12-8-20-15(23-12)21-11-4-2-1-3-5-11/h1-10H,19H2,(H,20,21). The van der Waals surface area contributed by atoms with E-state index in [1.165, 1.54) is 17.4 Å². The second-order valence-electron chi connectivity index (χ2n) is 5.04. The number of nitrogens with zero attached hydrogens (tertiary/aromatic N) is 1. The number of nitrogens with one attached hydrogen (secondary N) is 1. The molecule has 0 saturated heterocycles. The number of rotatable bonds is 4. The topological polar surface area (TPSA) is 68.0 Å². The van der Waals surface area contributed by atoms with Gasteiger partial charge in [0, 0.05) is 17.5 Å². The molecule has 2 aromatic rings. The number of carbonyl (C=O) groups is 1. The Kier molecular flexibility index (Phi) is 4.55. The first-order chi connectivity index (χ1) is 11.0. The maximum Gasteiger partial charge on any atom is 0.187 e. The number of thiazole rings is 1. The number of aldehydes is 1. The molecule has 23 heavy (non-hydrogen) atoms. The average molecular weight is 366 g/mol. The predicted octanol–water partition coefficient (Wildman–Crippen LogP) is 4.12. The van der Waals surface area contributed by atoms with E-state index in [1.54, 1.807) is 12.3 Å². The van der Waals surface area contributed by atoms with Crippen LogP contribution < -0.4 is 11.1 Å². The quantitative estimate of drug-likeness (QED) is 0.370. The number of carbonyl (C=O) groups excluding carboxylic acids is 1. The van der Waals surface area contributed by atoms with E-state index in [4.69, 9.17) is 28.9 Å². The van der Waals surface area contributed by atoms with Gasteiger partial charge in [0.15, 0.2) is 5.13 Å². The summed E-state index contributed by atoms with van der Waals surface area (Å²) < 4.78 is 0. The molecule has 3 N–H and O–H groups in total. The van der Waals surface area contributed by atoms with Crippen LogP contribution in [0.3, 0.4) is 0 Å². The van der Waals surface area contributed by atoms with Gasteiger partial charge in [-0.05, 0) is 18.2 Å². The van der Waals surface area contributed by atoms with Gasteiger partial charge in [0.2, 0.25) is 0 Å². The molecule has 0 saturated carbocycles. The summed E-state index contributed by atoms with van der Waals surface area (Å²) in [6.07, 6.45) is 5.66. The fraction of sp³-hybridized carbons (Fsp3) is 0.125. The summed E-state index contributed by atoms with van der Waals surface area (Å²) in [6.45, 7) is 0. The summed E-state index contributed by atoms with van der Waals surface area (Å²) in [5, 5.41) is 4.14. The van der Waals surface area contributed by atoms with Gasteiger partial charge in [-0.3, -0.25) is 0 Å². The van der Waals surface area contributed by atoms with Gasteiger partial charge in [-0.1, -0.05) is 58.8 Å². The number of allylic oxidation sites excluding steroid dienone is 2. The third kappa shape index (κ3) is 3.33. The zero-order valence-corrected chi connectivity index (χ0v) is 14.2. The van der Waals surface area contributed by atoms with Crippen LogP contribution in [0.5, 0.6) is 0 Å². The Morgan fingerprint density at radius 2 is 2.09 bits per heavy atom. The van der Waals surface area contributed by atoms with E-state index >= 15 is 0 Å². The van der Waals surface area contributed by atoms with E-state index in [2.05, 4.69) is 10.3 Å². The minimum Gasteiger partial charge on any atom is -0.332 e. The van der Waals surface area contributed by atoms with E-state index in [0.29, 0.717) is 10.7 Å². The minimum absolute atomic E-state index is 0.244. The fourth-order valence-corrected chi connectivity index (χ4v) is 3.71. The number of hydrogen-bond donors (Lipinski definition) is 2. The van der Waals surface area contributed by atoms with Gasteiger partial charge in [0.25, 0.3) is 0 Å². The largest absolute Gasteiger partial charge is 0.332 e. The van der Waals surface area contributed by atoms with Crippen molar-refractivity contribution in [3.8, 4) is 0 Å². The molecule has 2 unspecified atom stereocenters. The van der Waals surface area contributed by atoms with Crippen molar-refractivity contribution in [1.29, 1.82) is 0 Å². The van der Waals surface area contributed by atoms with Crippen LogP contribution in [-0.4, -0.2) is 16.3 Å². The van der Waals surface area contributed by atoms with Gasteiger partial charge in [-0.25, -0.2) is 4.98 Å². The van der Waals surface area contributed by atoms with Crippen LogP contribution in [0.2, 0.25) is 0 Å². The monoisotopic (exact) mass is 365 g/mol. The van der Waals surface area contributed by atoms with Gasteiger partial charge >= 0.3 is 0 Å². The van der Waals surface area contributed by atoms with Crippen LogP contribution >= 0.6 is 34.5 Å².